The number of nitrogen functional groups attached to an aromatic ring is 1. The van der Waals surface area contributed by atoms with Gasteiger partial charge in [-0.2, -0.15) is 5.26 Å². The zero-order valence-corrected chi connectivity index (χ0v) is 16.0. The Balaban J connectivity index is 0.000000216. The lowest BCUT2D eigenvalue weighted by Gasteiger charge is -2.01. The van der Waals surface area contributed by atoms with Gasteiger partial charge in [-0.15, -0.1) is 22.7 Å². The first-order valence-corrected chi connectivity index (χ1v) is 10.1. The fourth-order valence-corrected chi connectivity index (χ4v) is 4.27. The number of nitrogens with zero attached hydrogens (tertiary/aromatic N) is 6. The van der Waals surface area contributed by atoms with Gasteiger partial charge in [0.2, 0.25) is 0 Å². The molecule has 0 fully saturated rings. The molecule has 29 heavy (non-hydrogen) atoms. The smallest absolute Gasteiger partial charge is 0.189 e. The van der Waals surface area contributed by atoms with E-state index in [-0.39, 0.29) is 14.9 Å². The Hall–Kier alpha value is -3.20. The second-order valence-electron chi connectivity index (χ2n) is 5.03. The Morgan fingerprint density at radius 2 is 1.55 bits per heavy atom. The molecule has 0 spiro atoms. The fraction of sp³-hybridized carbons (Fsp3) is 0.111. The van der Waals surface area contributed by atoms with Crippen LogP contribution in [-0.4, -0.2) is 24.9 Å². The zero-order chi connectivity index (χ0) is 18.6. The predicted octanol–water partition coefficient (Wildman–Crippen LogP) is 5.31. The minimum atomic E-state index is 0. The lowest BCUT2D eigenvalue weighted by atomic mass is 10.4. The highest BCUT2D eigenvalue weighted by atomic mass is 32.1. The van der Waals surface area contributed by atoms with Crippen molar-refractivity contribution in [2.75, 3.05) is 11.1 Å². The van der Waals surface area contributed by atoms with Crippen molar-refractivity contribution in [2.24, 2.45) is 0 Å². The SMILES string of the molecule is C.C.N#Cc1cnc(Nc2ncnc3sccc23)s1.Nc1ncnc2sccc12. The molecular formula is C18H18N8S3. The molecule has 5 aromatic rings. The molecule has 0 unspecified atom stereocenters. The largest absolute Gasteiger partial charge is 0.383 e. The normalized spacial score (nSPS) is 9.62. The van der Waals surface area contributed by atoms with Gasteiger partial charge in [-0.3, -0.25) is 0 Å². The topological polar surface area (TPSA) is 126 Å². The van der Waals surface area contributed by atoms with E-state index in [2.05, 4.69) is 36.3 Å². The molecule has 0 aliphatic carbocycles. The minimum Gasteiger partial charge on any atom is -0.383 e. The number of nitrogens with two attached hydrogens (primary N) is 1. The molecule has 0 aliphatic heterocycles. The van der Waals surface area contributed by atoms with Crippen LogP contribution in [0.2, 0.25) is 0 Å². The van der Waals surface area contributed by atoms with Crippen LogP contribution >= 0.6 is 34.0 Å². The Morgan fingerprint density at radius 3 is 2.21 bits per heavy atom. The molecule has 3 N–H and O–H groups in total. The molecule has 8 nitrogen and oxygen atoms in total. The summed E-state index contributed by atoms with van der Waals surface area (Å²) in [5.74, 6) is 1.28. The van der Waals surface area contributed by atoms with Gasteiger partial charge in [0.25, 0.3) is 0 Å². The number of fused-ring (bicyclic) bond motifs is 2. The Morgan fingerprint density at radius 1 is 0.897 bits per heavy atom. The van der Waals surface area contributed by atoms with E-state index in [9.17, 15) is 0 Å². The molecule has 0 radical (unpaired) electrons. The molecule has 0 atom stereocenters. The maximum absolute atomic E-state index is 8.72. The van der Waals surface area contributed by atoms with Gasteiger partial charge in [0.15, 0.2) is 5.13 Å². The zero-order valence-electron chi connectivity index (χ0n) is 13.5. The molecule has 5 rings (SSSR count). The number of thiophene rings is 2. The lowest BCUT2D eigenvalue weighted by molar-refractivity contribution is 1.22. The van der Waals surface area contributed by atoms with Crippen molar-refractivity contribution < 1.29 is 0 Å². The van der Waals surface area contributed by atoms with E-state index in [0.717, 1.165) is 26.3 Å². The summed E-state index contributed by atoms with van der Waals surface area (Å²) in [5.41, 5.74) is 5.56. The molecule has 5 aromatic heterocycles. The van der Waals surface area contributed by atoms with Crippen LogP contribution in [0.15, 0.2) is 41.7 Å². The Labute approximate surface area is 179 Å². The monoisotopic (exact) mass is 442 g/mol. The van der Waals surface area contributed by atoms with Gasteiger partial charge in [-0.05, 0) is 22.9 Å². The number of thiazole rings is 1. The highest BCUT2D eigenvalue weighted by Crippen LogP contribution is 2.28. The molecular weight excluding hydrogens is 424 g/mol. The molecule has 0 bridgehead atoms. The molecule has 0 aromatic carbocycles. The van der Waals surface area contributed by atoms with E-state index >= 15 is 0 Å². The summed E-state index contributed by atoms with van der Waals surface area (Å²) in [4.78, 5) is 22.8. The van der Waals surface area contributed by atoms with E-state index in [1.165, 1.54) is 24.0 Å². The molecule has 0 saturated carbocycles. The quantitative estimate of drug-likeness (QED) is 0.377. The van der Waals surface area contributed by atoms with Gasteiger partial charge in [-0.25, -0.2) is 24.9 Å². The van der Waals surface area contributed by atoms with Gasteiger partial charge in [0, 0.05) is 0 Å². The van der Waals surface area contributed by atoms with Gasteiger partial charge in [0.1, 0.15) is 44.9 Å². The Kier molecular flexibility index (Phi) is 7.49. The number of nitrogens with one attached hydrogen (secondary N) is 1. The average Bonchev–Trinajstić information content (AvgIpc) is 3.43. The van der Waals surface area contributed by atoms with Crippen molar-refractivity contribution in [3.8, 4) is 6.07 Å². The summed E-state index contributed by atoms with van der Waals surface area (Å²) in [6, 6.07) is 5.94. The van der Waals surface area contributed by atoms with Gasteiger partial charge in [-0.1, -0.05) is 26.2 Å². The van der Waals surface area contributed by atoms with Crippen LogP contribution < -0.4 is 11.1 Å². The van der Waals surface area contributed by atoms with Crippen LogP contribution in [0.5, 0.6) is 0 Å². The molecule has 0 saturated heterocycles. The van der Waals surface area contributed by atoms with E-state index in [1.807, 2.05) is 22.9 Å². The first-order chi connectivity index (χ1) is 13.2. The van der Waals surface area contributed by atoms with Crippen molar-refractivity contribution in [1.82, 2.24) is 24.9 Å². The van der Waals surface area contributed by atoms with E-state index < -0.39 is 0 Å². The third-order valence-electron chi connectivity index (χ3n) is 3.40. The van der Waals surface area contributed by atoms with Crippen LogP contribution in [0.1, 0.15) is 19.7 Å². The highest BCUT2D eigenvalue weighted by molar-refractivity contribution is 7.17. The minimum absolute atomic E-state index is 0. The molecule has 148 valence electrons. The van der Waals surface area contributed by atoms with Crippen LogP contribution in [0.25, 0.3) is 20.4 Å². The number of aromatic nitrogens is 5. The van der Waals surface area contributed by atoms with Gasteiger partial charge >= 0.3 is 0 Å². The first-order valence-electron chi connectivity index (χ1n) is 7.49. The highest BCUT2D eigenvalue weighted by Gasteiger charge is 2.07. The van der Waals surface area contributed by atoms with Crippen LogP contribution in [0, 0.1) is 11.3 Å². The lowest BCUT2D eigenvalue weighted by Crippen LogP contribution is -1.93. The number of hydrogen-bond acceptors (Lipinski definition) is 11. The predicted molar refractivity (Wildman–Crippen MR) is 123 cm³/mol. The van der Waals surface area contributed by atoms with Crippen molar-refractivity contribution in [3.05, 3.63) is 46.6 Å². The van der Waals surface area contributed by atoms with Crippen molar-refractivity contribution in [1.29, 1.82) is 5.26 Å². The summed E-state index contributed by atoms with van der Waals surface area (Å²) in [6.07, 6.45) is 4.53. The third kappa shape index (κ3) is 4.80. The van der Waals surface area contributed by atoms with Crippen molar-refractivity contribution >= 4 is 71.2 Å². The number of anilines is 3. The van der Waals surface area contributed by atoms with Gasteiger partial charge < -0.3 is 11.1 Å². The number of hydrogen-bond donors (Lipinski definition) is 2. The Bertz CT molecular complexity index is 1250. The third-order valence-corrected chi connectivity index (χ3v) is 5.85. The second-order valence-corrected chi connectivity index (χ2v) is 7.85. The van der Waals surface area contributed by atoms with Crippen LogP contribution in [0.4, 0.5) is 16.8 Å². The average molecular weight is 443 g/mol. The maximum atomic E-state index is 8.72. The number of nitriles is 1. The van der Waals surface area contributed by atoms with Crippen LogP contribution in [0.3, 0.4) is 0 Å². The summed E-state index contributed by atoms with van der Waals surface area (Å²) in [5, 5.41) is 18.3. The molecule has 0 aliphatic rings. The second kappa shape index (κ2) is 9.83. The molecule has 0 amide bonds. The van der Waals surface area contributed by atoms with Crippen LogP contribution in [-0.2, 0) is 0 Å². The summed E-state index contributed by atoms with van der Waals surface area (Å²) in [7, 11) is 0. The first kappa shape index (κ1) is 22.1. The van der Waals surface area contributed by atoms with Crippen molar-refractivity contribution in [3.63, 3.8) is 0 Å². The molecule has 11 heteroatoms. The van der Waals surface area contributed by atoms with Crippen molar-refractivity contribution in [2.45, 2.75) is 14.9 Å². The maximum Gasteiger partial charge on any atom is 0.189 e. The van der Waals surface area contributed by atoms with E-state index in [1.54, 1.807) is 28.9 Å². The summed E-state index contributed by atoms with van der Waals surface area (Å²) in [6.45, 7) is 0. The van der Waals surface area contributed by atoms with E-state index in [4.69, 9.17) is 11.0 Å². The van der Waals surface area contributed by atoms with Gasteiger partial charge in [0.05, 0.1) is 17.0 Å². The molecule has 5 heterocycles. The van der Waals surface area contributed by atoms with E-state index in [0.29, 0.717) is 15.8 Å². The number of rotatable bonds is 2. The summed E-state index contributed by atoms with van der Waals surface area (Å²) < 4.78 is 0. The standard InChI is InChI=1S/C10H5N5S2.C6H5N3S.2CH4/c11-3-6-4-12-10(17-6)15-8-7-1-2-16-9(7)14-5-13-8;7-5-4-1-2-10-6(4)9-3-8-5;;/h1-2,4-5H,(H,12,13,14,15);1-3H,(H2,7,8,9);2*1H4. The summed E-state index contributed by atoms with van der Waals surface area (Å²) >= 11 is 4.43. The fourth-order valence-electron chi connectivity index (χ4n) is 2.18.